The van der Waals surface area contributed by atoms with Crippen LogP contribution in [0.1, 0.15) is 17.1 Å². The monoisotopic (exact) mass is 349 g/mol. The van der Waals surface area contributed by atoms with Gasteiger partial charge in [-0.3, -0.25) is 0 Å². The molecule has 108 valence electrons. The SMILES string of the molecule is CNc1nc(-n2nc(C)c(Br)c2C)cc(C(F)(F)F)n1. The van der Waals surface area contributed by atoms with E-state index in [0.717, 1.165) is 10.5 Å². The first-order chi connectivity index (χ1) is 9.24. The molecular formula is C11H11BrF3N5. The standard InChI is InChI=1S/C11H11BrF3N5/c1-5-9(12)6(2)20(19-5)8-4-7(11(13,14)15)17-10(16-3)18-8/h4H,1-3H3,(H,16,17,18). The lowest BCUT2D eigenvalue weighted by Gasteiger charge is -2.11. The van der Waals surface area contributed by atoms with Crippen molar-refractivity contribution in [2.24, 2.45) is 0 Å². The zero-order chi connectivity index (χ0) is 15.1. The fourth-order valence-electron chi connectivity index (χ4n) is 1.65. The van der Waals surface area contributed by atoms with Gasteiger partial charge in [0.15, 0.2) is 11.5 Å². The van der Waals surface area contributed by atoms with Crippen molar-refractivity contribution < 1.29 is 13.2 Å². The van der Waals surface area contributed by atoms with Crippen molar-refractivity contribution in [3.63, 3.8) is 0 Å². The summed E-state index contributed by atoms with van der Waals surface area (Å²) in [6.45, 7) is 3.48. The molecule has 0 bridgehead atoms. The summed E-state index contributed by atoms with van der Waals surface area (Å²) in [5.41, 5.74) is 0.313. The molecule has 2 aromatic rings. The minimum Gasteiger partial charge on any atom is -0.357 e. The zero-order valence-corrected chi connectivity index (χ0v) is 12.5. The van der Waals surface area contributed by atoms with Gasteiger partial charge >= 0.3 is 6.18 Å². The molecular weight excluding hydrogens is 339 g/mol. The van der Waals surface area contributed by atoms with E-state index in [-0.39, 0.29) is 11.8 Å². The number of rotatable bonds is 2. The second-order valence-corrected chi connectivity index (χ2v) is 4.87. The number of hydrogen-bond acceptors (Lipinski definition) is 4. The van der Waals surface area contributed by atoms with Crippen LogP contribution in [0.15, 0.2) is 10.5 Å². The normalized spacial score (nSPS) is 11.8. The van der Waals surface area contributed by atoms with Gasteiger partial charge in [0.1, 0.15) is 0 Å². The van der Waals surface area contributed by atoms with Crippen LogP contribution < -0.4 is 5.32 Å². The van der Waals surface area contributed by atoms with Gasteiger partial charge in [0.2, 0.25) is 5.95 Å². The van der Waals surface area contributed by atoms with Crippen LogP contribution in [0.4, 0.5) is 19.1 Å². The van der Waals surface area contributed by atoms with Gasteiger partial charge in [-0.1, -0.05) is 0 Å². The molecule has 2 rings (SSSR count). The van der Waals surface area contributed by atoms with E-state index in [2.05, 4.69) is 36.3 Å². The largest absolute Gasteiger partial charge is 0.433 e. The maximum Gasteiger partial charge on any atom is 0.433 e. The van der Waals surface area contributed by atoms with Crippen LogP contribution in [0.3, 0.4) is 0 Å². The highest BCUT2D eigenvalue weighted by Crippen LogP contribution is 2.30. The second kappa shape index (κ2) is 5.04. The number of alkyl halides is 3. The predicted molar refractivity (Wildman–Crippen MR) is 70.9 cm³/mol. The summed E-state index contributed by atoms with van der Waals surface area (Å²) in [4.78, 5) is 7.42. The summed E-state index contributed by atoms with van der Waals surface area (Å²) in [6, 6.07) is 0.868. The maximum absolute atomic E-state index is 12.8. The van der Waals surface area contributed by atoms with Crippen LogP contribution in [-0.4, -0.2) is 26.8 Å². The molecule has 0 aliphatic rings. The summed E-state index contributed by atoms with van der Waals surface area (Å²) in [5, 5.41) is 6.68. The average molecular weight is 350 g/mol. The van der Waals surface area contributed by atoms with Gasteiger partial charge in [0.05, 0.1) is 15.9 Å². The van der Waals surface area contributed by atoms with E-state index in [9.17, 15) is 13.2 Å². The van der Waals surface area contributed by atoms with E-state index in [1.165, 1.54) is 11.7 Å². The predicted octanol–water partition coefficient (Wildman–Crippen LogP) is 3.10. The lowest BCUT2D eigenvalue weighted by Crippen LogP contribution is -2.14. The van der Waals surface area contributed by atoms with Crippen LogP contribution in [0.5, 0.6) is 0 Å². The Labute approximate surface area is 121 Å². The minimum absolute atomic E-state index is 0.0583. The topological polar surface area (TPSA) is 55.6 Å². The van der Waals surface area contributed by atoms with Crippen molar-refractivity contribution in [1.82, 2.24) is 19.7 Å². The Morgan fingerprint density at radius 3 is 2.35 bits per heavy atom. The van der Waals surface area contributed by atoms with Gasteiger partial charge in [-0.25, -0.2) is 9.67 Å². The first-order valence-corrected chi connectivity index (χ1v) is 6.39. The molecule has 9 heteroatoms. The van der Waals surface area contributed by atoms with Crippen LogP contribution >= 0.6 is 15.9 Å². The van der Waals surface area contributed by atoms with Crippen LogP contribution in [0, 0.1) is 13.8 Å². The smallest absolute Gasteiger partial charge is 0.357 e. The number of halogens is 4. The fourth-order valence-corrected chi connectivity index (χ4v) is 1.89. The highest BCUT2D eigenvalue weighted by Gasteiger charge is 2.34. The number of aromatic nitrogens is 4. The molecule has 2 heterocycles. The van der Waals surface area contributed by atoms with Gasteiger partial charge in [-0.2, -0.15) is 23.3 Å². The van der Waals surface area contributed by atoms with E-state index in [0.29, 0.717) is 11.4 Å². The summed E-state index contributed by atoms with van der Waals surface area (Å²) >= 11 is 3.33. The Kier molecular flexibility index (Phi) is 3.72. The lowest BCUT2D eigenvalue weighted by molar-refractivity contribution is -0.141. The first kappa shape index (κ1) is 14.8. The van der Waals surface area contributed by atoms with Crippen molar-refractivity contribution in [3.8, 4) is 5.82 Å². The van der Waals surface area contributed by atoms with Gasteiger partial charge in [-0.15, -0.1) is 0 Å². The third-order valence-corrected chi connectivity index (χ3v) is 3.79. The number of nitrogens with one attached hydrogen (secondary N) is 1. The molecule has 0 fully saturated rings. The maximum atomic E-state index is 12.8. The average Bonchev–Trinajstić information content (AvgIpc) is 2.65. The van der Waals surface area contributed by atoms with Crippen molar-refractivity contribution in [3.05, 3.63) is 27.6 Å². The molecule has 0 saturated heterocycles. The highest BCUT2D eigenvalue weighted by atomic mass is 79.9. The number of aryl methyl sites for hydroxylation is 1. The quantitative estimate of drug-likeness (QED) is 0.904. The van der Waals surface area contributed by atoms with E-state index >= 15 is 0 Å². The van der Waals surface area contributed by atoms with Gasteiger partial charge in [0.25, 0.3) is 0 Å². The Balaban J connectivity index is 2.64. The molecule has 0 aliphatic carbocycles. The molecule has 0 radical (unpaired) electrons. The molecule has 0 amide bonds. The number of hydrogen-bond donors (Lipinski definition) is 1. The first-order valence-electron chi connectivity index (χ1n) is 5.60. The van der Waals surface area contributed by atoms with Crippen LogP contribution in [0.2, 0.25) is 0 Å². The number of anilines is 1. The Hall–Kier alpha value is -1.64. The lowest BCUT2D eigenvalue weighted by atomic mass is 10.3. The Morgan fingerprint density at radius 2 is 1.90 bits per heavy atom. The summed E-state index contributed by atoms with van der Waals surface area (Å²) in [7, 11) is 1.45. The van der Waals surface area contributed by atoms with Crippen molar-refractivity contribution in [2.75, 3.05) is 12.4 Å². The van der Waals surface area contributed by atoms with Crippen molar-refractivity contribution in [2.45, 2.75) is 20.0 Å². The third kappa shape index (κ3) is 2.62. The summed E-state index contributed by atoms with van der Waals surface area (Å²) in [6.07, 6.45) is -4.55. The third-order valence-electron chi connectivity index (χ3n) is 2.65. The van der Waals surface area contributed by atoms with E-state index in [4.69, 9.17) is 0 Å². The van der Waals surface area contributed by atoms with Gasteiger partial charge < -0.3 is 5.32 Å². The highest BCUT2D eigenvalue weighted by molar-refractivity contribution is 9.10. The summed E-state index contributed by atoms with van der Waals surface area (Å²) in [5.74, 6) is -0.0542. The molecule has 0 unspecified atom stereocenters. The molecule has 0 saturated carbocycles. The van der Waals surface area contributed by atoms with Crippen molar-refractivity contribution >= 4 is 21.9 Å². The van der Waals surface area contributed by atoms with Gasteiger partial charge in [0, 0.05) is 13.1 Å². The molecule has 0 spiro atoms. The van der Waals surface area contributed by atoms with E-state index in [1.54, 1.807) is 13.8 Å². The molecule has 20 heavy (non-hydrogen) atoms. The molecule has 0 aliphatic heterocycles. The van der Waals surface area contributed by atoms with E-state index < -0.39 is 11.9 Å². The van der Waals surface area contributed by atoms with Crippen LogP contribution in [0.25, 0.3) is 5.82 Å². The molecule has 5 nitrogen and oxygen atoms in total. The van der Waals surface area contributed by atoms with Gasteiger partial charge in [-0.05, 0) is 29.8 Å². The molecule has 0 aromatic carbocycles. The van der Waals surface area contributed by atoms with Crippen LogP contribution in [-0.2, 0) is 6.18 Å². The summed E-state index contributed by atoms with van der Waals surface area (Å²) < 4.78 is 40.6. The van der Waals surface area contributed by atoms with Crippen molar-refractivity contribution in [1.29, 1.82) is 0 Å². The fraction of sp³-hybridized carbons (Fsp3) is 0.364. The molecule has 0 atom stereocenters. The molecule has 1 N–H and O–H groups in total. The minimum atomic E-state index is -4.55. The Morgan fingerprint density at radius 1 is 1.25 bits per heavy atom. The Bertz CT molecular complexity index is 650. The second-order valence-electron chi connectivity index (χ2n) is 4.08. The zero-order valence-electron chi connectivity index (χ0n) is 10.9. The van der Waals surface area contributed by atoms with E-state index in [1.807, 2.05) is 0 Å². The number of nitrogens with zero attached hydrogens (tertiary/aromatic N) is 4. The molecule has 2 aromatic heterocycles.